The van der Waals surface area contributed by atoms with Crippen molar-refractivity contribution in [2.24, 2.45) is 5.92 Å². The van der Waals surface area contributed by atoms with Crippen molar-refractivity contribution in [3.05, 3.63) is 35.6 Å². The fourth-order valence-electron chi connectivity index (χ4n) is 3.26. The van der Waals surface area contributed by atoms with Gasteiger partial charge in [-0.2, -0.15) is 0 Å². The topological polar surface area (TPSA) is 66.4 Å². The molecule has 0 aromatic heterocycles. The third-order valence-corrected chi connectivity index (χ3v) is 4.71. The van der Waals surface area contributed by atoms with Gasteiger partial charge in [0, 0.05) is 37.0 Å². The number of carbonyl (C=O) groups excluding carboxylic acids is 2. The first-order chi connectivity index (χ1) is 11.6. The monoisotopic (exact) mass is 335 g/mol. The Balaban J connectivity index is 1.74. The average Bonchev–Trinajstić information content (AvgIpc) is 2.80. The lowest BCUT2D eigenvalue weighted by Gasteiger charge is -2.24. The molecule has 0 radical (unpaired) electrons. The summed E-state index contributed by atoms with van der Waals surface area (Å²) in [6.45, 7) is 0.105. The first-order valence-corrected chi connectivity index (χ1v) is 8.79. The highest BCUT2D eigenvalue weighted by Crippen LogP contribution is 2.23. The van der Waals surface area contributed by atoms with Gasteiger partial charge in [0.05, 0.1) is 0 Å². The minimum Gasteiger partial charge on any atom is -0.396 e. The number of rotatable bonds is 7. The Labute approximate surface area is 142 Å². The molecule has 132 valence electrons. The predicted molar refractivity (Wildman–Crippen MR) is 90.2 cm³/mol. The molecule has 5 heteroatoms. The van der Waals surface area contributed by atoms with Crippen molar-refractivity contribution in [3.63, 3.8) is 0 Å². The van der Waals surface area contributed by atoms with Crippen molar-refractivity contribution < 1.29 is 19.1 Å². The summed E-state index contributed by atoms with van der Waals surface area (Å²) in [6, 6.07) is 5.50. The van der Waals surface area contributed by atoms with E-state index < -0.39 is 0 Å². The smallest absolute Gasteiger partial charge is 0.220 e. The molecule has 0 aliphatic heterocycles. The molecule has 0 bridgehead atoms. The number of hydrogen-bond acceptors (Lipinski definition) is 3. The van der Waals surface area contributed by atoms with Gasteiger partial charge in [0.15, 0.2) is 5.78 Å². The van der Waals surface area contributed by atoms with E-state index in [0.29, 0.717) is 18.4 Å². The molecule has 2 rings (SSSR count). The number of benzene rings is 1. The summed E-state index contributed by atoms with van der Waals surface area (Å²) in [6.07, 6.45) is 6.21. The van der Waals surface area contributed by atoms with E-state index in [0.717, 1.165) is 32.1 Å². The Kier molecular flexibility index (Phi) is 7.37. The van der Waals surface area contributed by atoms with Crippen LogP contribution in [0.3, 0.4) is 0 Å². The molecule has 2 N–H and O–H groups in total. The molecule has 24 heavy (non-hydrogen) atoms. The van der Waals surface area contributed by atoms with E-state index in [1.54, 1.807) is 0 Å². The number of ketones is 1. The number of aliphatic hydroxyl groups excluding tert-OH is 1. The number of halogens is 1. The maximum atomic E-state index is 12.8. The Morgan fingerprint density at radius 3 is 2.50 bits per heavy atom. The Morgan fingerprint density at radius 2 is 1.79 bits per heavy atom. The molecule has 1 aromatic carbocycles. The van der Waals surface area contributed by atoms with Gasteiger partial charge in [-0.1, -0.05) is 19.3 Å². The Hall–Kier alpha value is -1.75. The molecule has 0 heterocycles. The second kappa shape index (κ2) is 9.52. The zero-order valence-electron chi connectivity index (χ0n) is 14.0. The van der Waals surface area contributed by atoms with Gasteiger partial charge >= 0.3 is 0 Å². The molecule has 0 spiro atoms. The van der Waals surface area contributed by atoms with E-state index in [-0.39, 0.29) is 42.5 Å². The van der Waals surface area contributed by atoms with Gasteiger partial charge in [-0.15, -0.1) is 0 Å². The third kappa shape index (κ3) is 5.71. The molecular formula is C19H26FNO3. The third-order valence-electron chi connectivity index (χ3n) is 4.71. The summed E-state index contributed by atoms with van der Waals surface area (Å²) in [5, 5.41) is 12.5. The molecular weight excluding hydrogens is 309 g/mol. The van der Waals surface area contributed by atoms with Crippen molar-refractivity contribution in [2.75, 3.05) is 6.61 Å². The van der Waals surface area contributed by atoms with Gasteiger partial charge in [0.25, 0.3) is 0 Å². The Morgan fingerprint density at radius 1 is 1.08 bits per heavy atom. The van der Waals surface area contributed by atoms with Crippen LogP contribution in [0.4, 0.5) is 4.39 Å². The fraction of sp³-hybridized carbons (Fsp3) is 0.579. The molecule has 1 aliphatic rings. The van der Waals surface area contributed by atoms with Gasteiger partial charge in [0.2, 0.25) is 5.91 Å². The van der Waals surface area contributed by atoms with Crippen LogP contribution < -0.4 is 5.32 Å². The summed E-state index contributed by atoms with van der Waals surface area (Å²) >= 11 is 0. The predicted octanol–water partition coefficient (Wildman–Crippen LogP) is 3.24. The van der Waals surface area contributed by atoms with Crippen LogP contribution in [0, 0.1) is 11.7 Å². The molecule has 2 atom stereocenters. The number of hydrogen-bond donors (Lipinski definition) is 2. The fourth-order valence-corrected chi connectivity index (χ4v) is 3.26. The van der Waals surface area contributed by atoms with Gasteiger partial charge in [-0.3, -0.25) is 9.59 Å². The van der Waals surface area contributed by atoms with Gasteiger partial charge in [-0.05, 0) is 43.5 Å². The van der Waals surface area contributed by atoms with Crippen LogP contribution in [-0.2, 0) is 4.79 Å². The molecule has 0 saturated heterocycles. The quantitative estimate of drug-likeness (QED) is 0.594. The van der Waals surface area contributed by atoms with Crippen LogP contribution in [0.5, 0.6) is 0 Å². The molecule has 1 amide bonds. The number of Topliss-reactive ketones (excluding diaryl/α,β-unsaturated/α-hetero) is 1. The van der Waals surface area contributed by atoms with E-state index in [2.05, 4.69) is 5.32 Å². The average molecular weight is 335 g/mol. The largest absolute Gasteiger partial charge is 0.396 e. The van der Waals surface area contributed by atoms with Crippen molar-refractivity contribution in [3.8, 4) is 0 Å². The van der Waals surface area contributed by atoms with Crippen molar-refractivity contribution >= 4 is 11.7 Å². The number of nitrogens with one attached hydrogen (secondary N) is 1. The van der Waals surface area contributed by atoms with Crippen LogP contribution >= 0.6 is 0 Å². The van der Waals surface area contributed by atoms with Crippen LogP contribution in [0.2, 0.25) is 0 Å². The lowest BCUT2D eigenvalue weighted by Crippen LogP contribution is -2.41. The second-order valence-corrected chi connectivity index (χ2v) is 6.54. The molecule has 4 nitrogen and oxygen atoms in total. The van der Waals surface area contributed by atoms with Gasteiger partial charge in [-0.25, -0.2) is 4.39 Å². The zero-order valence-corrected chi connectivity index (χ0v) is 14.0. The zero-order chi connectivity index (χ0) is 17.4. The maximum Gasteiger partial charge on any atom is 0.220 e. The van der Waals surface area contributed by atoms with Crippen molar-refractivity contribution in [1.29, 1.82) is 0 Å². The summed E-state index contributed by atoms with van der Waals surface area (Å²) in [5.41, 5.74) is 0.473. The molecule has 1 aromatic rings. The first kappa shape index (κ1) is 18.6. The lowest BCUT2D eigenvalue weighted by atomic mass is 9.95. The normalized spacial score (nSPS) is 21.1. The van der Waals surface area contributed by atoms with E-state index in [9.17, 15) is 19.1 Å². The minimum atomic E-state index is -0.368. The lowest BCUT2D eigenvalue weighted by molar-refractivity contribution is -0.122. The molecule has 1 fully saturated rings. The summed E-state index contributed by atoms with van der Waals surface area (Å²) in [7, 11) is 0. The summed E-state index contributed by atoms with van der Waals surface area (Å²) in [4.78, 5) is 24.1. The number of carbonyl (C=O) groups is 2. The van der Waals surface area contributed by atoms with Gasteiger partial charge in [0.1, 0.15) is 5.82 Å². The highest BCUT2D eigenvalue weighted by atomic mass is 19.1. The first-order valence-electron chi connectivity index (χ1n) is 8.79. The Bertz CT molecular complexity index is 544. The summed E-state index contributed by atoms with van der Waals surface area (Å²) < 4.78 is 12.8. The van der Waals surface area contributed by atoms with E-state index >= 15 is 0 Å². The SMILES string of the molecule is O=C(CCCC(=O)c1ccc(F)cc1)NC1CCCCCC1CO. The number of amides is 1. The molecule has 1 aliphatic carbocycles. The molecule has 2 unspecified atom stereocenters. The molecule has 1 saturated carbocycles. The number of aliphatic hydroxyl groups is 1. The summed E-state index contributed by atoms with van der Waals surface area (Å²) in [5.74, 6) is -0.372. The van der Waals surface area contributed by atoms with E-state index in [1.807, 2.05) is 0 Å². The van der Waals surface area contributed by atoms with E-state index in [1.165, 1.54) is 24.3 Å². The standard InChI is InChI=1S/C19H26FNO3/c20-16-11-9-14(10-12-16)18(23)7-4-8-19(24)21-17-6-3-1-2-5-15(17)13-22/h9-12,15,17,22H,1-8,13H2,(H,21,24). The van der Waals surface area contributed by atoms with Crippen LogP contribution in [-0.4, -0.2) is 29.4 Å². The van der Waals surface area contributed by atoms with E-state index in [4.69, 9.17) is 0 Å². The maximum absolute atomic E-state index is 12.8. The minimum absolute atomic E-state index is 0.0396. The highest BCUT2D eigenvalue weighted by molar-refractivity contribution is 5.96. The van der Waals surface area contributed by atoms with Crippen LogP contribution in [0.15, 0.2) is 24.3 Å². The van der Waals surface area contributed by atoms with Crippen LogP contribution in [0.25, 0.3) is 0 Å². The highest BCUT2D eigenvalue weighted by Gasteiger charge is 2.24. The van der Waals surface area contributed by atoms with Gasteiger partial charge < -0.3 is 10.4 Å². The van der Waals surface area contributed by atoms with Crippen molar-refractivity contribution in [1.82, 2.24) is 5.32 Å². The second-order valence-electron chi connectivity index (χ2n) is 6.54. The van der Waals surface area contributed by atoms with Crippen molar-refractivity contribution in [2.45, 2.75) is 57.4 Å². The van der Waals surface area contributed by atoms with Crippen LogP contribution in [0.1, 0.15) is 61.7 Å².